The molecule has 0 saturated carbocycles. The maximum atomic E-state index is 4.83. The highest BCUT2D eigenvalue weighted by Crippen LogP contribution is 2.27. The van der Waals surface area contributed by atoms with E-state index in [1.807, 2.05) is 35.0 Å². The van der Waals surface area contributed by atoms with Gasteiger partial charge in [-0.2, -0.15) is 0 Å². The van der Waals surface area contributed by atoms with Crippen LogP contribution >= 0.6 is 0 Å². The molecule has 3 nitrogen and oxygen atoms in total. The first-order chi connectivity index (χ1) is 12.8. The number of nitrogens with zero attached hydrogens (tertiary/aromatic N) is 2. The van der Waals surface area contributed by atoms with Crippen LogP contribution in [-0.2, 0) is 0 Å². The monoisotopic (exact) mass is 339 g/mol. The Bertz CT molecular complexity index is 903. The van der Waals surface area contributed by atoms with E-state index < -0.39 is 0 Å². The number of aromatic nitrogens is 2. The van der Waals surface area contributed by atoms with Crippen molar-refractivity contribution in [1.29, 1.82) is 0 Å². The molecule has 0 radical (unpaired) electrons. The van der Waals surface area contributed by atoms with Gasteiger partial charge in [0.15, 0.2) is 0 Å². The fourth-order valence-electron chi connectivity index (χ4n) is 3.08. The zero-order valence-corrected chi connectivity index (χ0v) is 14.7. The summed E-state index contributed by atoms with van der Waals surface area (Å²) in [7, 11) is 0. The average molecular weight is 339 g/mol. The fourth-order valence-corrected chi connectivity index (χ4v) is 3.08. The van der Waals surface area contributed by atoms with Crippen LogP contribution in [0.25, 0.3) is 16.9 Å². The molecule has 1 heterocycles. The molecule has 4 aromatic rings. The molecule has 1 N–H and O–H groups in total. The van der Waals surface area contributed by atoms with E-state index >= 15 is 0 Å². The molecule has 3 heteroatoms. The Hall–Kier alpha value is -3.33. The van der Waals surface area contributed by atoms with Gasteiger partial charge in [0.1, 0.15) is 5.82 Å². The van der Waals surface area contributed by atoms with Crippen LogP contribution in [0.5, 0.6) is 0 Å². The van der Waals surface area contributed by atoms with Crippen molar-refractivity contribution in [2.45, 2.75) is 13.0 Å². The zero-order valence-electron chi connectivity index (χ0n) is 14.7. The predicted octanol–water partition coefficient (Wildman–Crippen LogP) is 5.71. The van der Waals surface area contributed by atoms with Crippen LogP contribution in [0.15, 0.2) is 97.1 Å². The van der Waals surface area contributed by atoms with Crippen molar-refractivity contribution in [3.05, 3.63) is 103 Å². The summed E-state index contributed by atoms with van der Waals surface area (Å²) in [5, 5.41) is 8.35. The van der Waals surface area contributed by atoms with Crippen LogP contribution < -0.4 is 5.32 Å². The third kappa shape index (κ3) is 3.38. The van der Waals surface area contributed by atoms with Gasteiger partial charge in [0.2, 0.25) is 0 Å². The fraction of sp³-hybridized carbons (Fsp3) is 0.0870. The Labute approximate surface area is 153 Å². The largest absolute Gasteiger partial charge is 0.362 e. The van der Waals surface area contributed by atoms with Gasteiger partial charge in [-0.25, -0.2) is 4.68 Å². The van der Waals surface area contributed by atoms with Crippen molar-refractivity contribution in [3.8, 4) is 16.9 Å². The smallest absolute Gasteiger partial charge is 0.149 e. The second-order valence-electron chi connectivity index (χ2n) is 6.30. The van der Waals surface area contributed by atoms with Crippen molar-refractivity contribution < 1.29 is 0 Å². The second kappa shape index (κ2) is 7.28. The third-order valence-electron chi connectivity index (χ3n) is 4.44. The zero-order chi connectivity index (χ0) is 17.8. The molecular formula is C23H21N3. The first kappa shape index (κ1) is 16.2. The molecule has 0 unspecified atom stereocenters. The van der Waals surface area contributed by atoms with E-state index in [1.54, 1.807) is 0 Å². The highest BCUT2D eigenvalue weighted by molar-refractivity contribution is 5.66. The van der Waals surface area contributed by atoms with E-state index in [-0.39, 0.29) is 6.04 Å². The standard InChI is InChI=1S/C23H21N3/c1-18(19-11-5-2-6-12-19)24-23-17-22(20-13-7-3-8-14-20)26(25-23)21-15-9-4-10-16-21/h2-18H,1H3,(H,24,25)/t18-/m1/s1. The molecule has 1 atom stereocenters. The van der Waals surface area contributed by atoms with Crippen LogP contribution in [0.1, 0.15) is 18.5 Å². The van der Waals surface area contributed by atoms with Gasteiger partial charge in [0.25, 0.3) is 0 Å². The van der Waals surface area contributed by atoms with Crippen molar-refractivity contribution in [3.63, 3.8) is 0 Å². The molecular weight excluding hydrogens is 318 g/mol. The molecule has 0 aliphatic rings. The topological polar surface area (TPSA) is 29.9 Å². The summed E-state index contributed by atoms with van der Waals surface area (Å²) >= 11 is 0. The lowest BCUT2D eigenvalue weighted by atomic mass is 10.1. The van der Waals surface area contributed by atoms with Crippen LogP contribution in [0.2, 0.25) is 0 Å². The SMILES string of the molecule is C[C@@H](Nc1cc(-c2ccccc2)n(-c2ccccc2)n1)c1ccccc1. The Kier molecular flexibility index (Phi) is 4.52. The number of nitrogens with one attached hydrogen (secondary N) is 1. The minimum atomic E-state index is 0.180. The van der Waals surface area contributed by atoms with E-state index in [1.165, 1.54) is 5.56 Å². The molecule has 0 spiro atoms. The highest BCUT2D eigenvalue weighted by Gasteiger charge is 2.13. The molecule has 0 aliphatic carbocycles. The van der Waals surface area contributed by atoms with E-state index in [9.17, 15) is 0 Å². The molecule has 0 saturated heterocycles. The van der Waals surface area contributed by atoms with Gasteiger partial charge in [-0.05, 0) is 24.6 Å². The normalized spacial score (nSPS) is 11.9. The summed E-state index contributed by atoms with van der Waals surface area (Å²) < 4.78 is 2.00. The van der Waals surface area contributed by atoms with Gasteiger partial charge in [0, 0.05) is 17.7 Å². The highest BCUT2D eigenvalue weighted by atomic mass is 15.3. The van der Waals surface area contributed by atoms with Gasteiger partial charge >= 0.3 is 0 Å². The number of hydrogen-bond donors (Lipinski definition) is 1. The second-order valence-corrected chi connectivity index (χ2v) is 6.30. The minimum absolute atomic E-state index is 0.180. The quantitative estimate of drug-likeness (QED) is 0.504. The lowest BCUT2D eigenvalue weighted by Gasteiger charge is -2.13. The molecule has 1 aromatic heterocycles. The molecule has 26 heavy (non-hydrogen) atoms. The third-order valence-corrected chi connectivity index (χ3v) is 4.44. The van der Waals surface area contributed by atoms with E-state index in [0.29, 0.717) is 0 Å². The number of para-hydroxylation sites is 1. The van der Waals surface area contributed by atoms with E-state index in [4.69, 9.17) is 5.10 Å². The Morgan fingerprint density at radius 2 is 1.35 bits per heavy atom. The molecule has 0 amide bonds. The summed E-state index contributed by atoms with van der Waals surface area (Å²) in [5.41, 5.74) is 4.50. The summed E-state index contributed by atoms with van der Waals surface area (Å²) in [6.45, 7) is 2.15. The van der Waals surface area contributed by atoms with Gasteiger partial charge < -0.3 is 5.32 Å². The van der Waals surface area contributed by atoms with E-state index in [0.717, 1.165) is 22.8 Å². The van der Waals surface area contributed by atoms with Crippen molar-refractivity contribution in [2.75, 3.05) is 5.32 Å². The van der Waals surface area contributed by atoms with E-state index in [2.05, 4.69) is 79.0 Å². The Morgan fingerprint density at radius 1 is 0.769 bits per heavy atom. The summed E-state index contributed by atoms with van der Waals surface area (Å²) in [6.07, 6.45) is 0. The summed E-state index contributed by atoms with van der Waals surface area (Å²) in [6, 6.07) is 33.3. The van der Waals surface area contributed by atoms with Crippen LogP contribution in [0.4, 0.5) is 5.82 Å². The lowest BCUT2D eigenvalue weighted by Crippen LogP contribution is -2.07. The van der Waals surface area contributed by atoms with Crippen LogP contribution in [0.3, 0.4) is 0 Å². The molecule has 3 aromatic carbocycles. The maximum Gasteiger partial charge on any atom is 0.149 e. The Balaban J connectivity index is 1.72. The van der Waals surface area contributed by atoms with Gasteiger partial charge in [-0.1, -0.05) is 78.9 Å². The molecule has 0 fully saturated rings. The van der Waals surface area contributed by atoms with Gasteiger partial charge in [-0.15, -0.1) is 5.10 Å². The minimum Gasteiger partial charge on any atom is -0.362 e. The molecule has 128 valence electrons. The molecule has 0 aliphatic heterocycles. The van der Waals surface area contributed by atoms with Gasteiger partial charge in [-0.3, -0.25) is 0 Å². The first-order valence-corrected chi connectivity index (χ1v) is 8.83. The number of rotatable bonds is 5. The van der Waals surface area contributed by atoms with Crippen molar-refractivity contribution in [2.24, 2.45) is 0 Å². The van der Waals surface area contributed by atoms with Crippen molar-refractivity contribution >= 4 is 5.82 Å². The average Bonchev–Trinajstić information content (AvgIpc) is 3.14. The number of anilines is 1. The first-order valence-electron chi connectivity index (χ1n) is 8.83. The lowest BCUT2D eigenvalue weighted by molar-refractivity contribution is 0.841. The molecule has 4 rings (SSSR count). The summed E-state index contributed by atoms with van der Waals surface area (Å²) in [4.78, 5) is 0. The molecule has 0 bridgehead atoms. The maximum absolute atomic E-state index is 4.83. The van der Waals surface area contributed by atoms with Crippen LogP contribution in [0, 0.1) is 0 Å². The number of hydrogen-bond acceptors (Lipinski definition) is 2. The van der Waals surface area contributed by atoms with Crippen molar-refractivity contribution in [1.82, 2.24) is 9.78 Å². The Morgan fingerprint density at radius 3 is 2.00 bits per heavy atom. The van der Waals surface area contributed by atoms with Gasteiger partial charge in [0.05, 0.1) is 11.4 Å². The predicted molar refractivity (Wildman–Crippen MR) is 107 cm³/mol. The number of benzene rings is 3. The summed E-state index contributed by atoms with van der Waals surface area (Å²) in [5.74, 6) is 0.865. The van der Waals surface area contributed by atoms with Crippen LogP contribution in [-0.4, -0.2) is 9.78 Å².